The van der Waals surface area contributed by atoms with Crippen molar-refractivity contribution in [2.75, 3.05) is 13.2 Å². The van der Waals surface area contributed by atoms with Crippen LogP contribution in [-0.2, 0) is 11.4 Å². The van der Waals surface area contributed by atoms with E-state index in [1.807, 2.05) is 55.5 Å². The Balaban J connectivity index is 1.79. The highest BCUT2D eigenvalue weighted by Crippen LogP contribution is 2.35. The van der Waals surface area contributed by atoms with E-state index in [9.17, 15) is 4.79 Å². The molecule has 0 N–H and O–H groups in total. The lowest BCUT2D eigenvalue weighted by Crippen LogP contribution is -2.31. The van der Waals surface area contributed by atoms with Crippen LogP contribution in [0.4, 0.5) is 0 Å². The van der Waals surface area contributed by atoms with Gasteiger partial charge in [0.1, 0.15) is 10.9 Å². The van der Waals surface area contributed by atoms with Crippen LogP contribution in [0.15, 0.2) is 47.4 Å². The third kappa shape index (κ3) is 5.56. The second kappa shape index (κ2) is 10.3. The van der Waals surface area contributed by atoms with Gasteiger partial charge in [-0.15, -0.1) is 0 Å². The predicted octanol–water partition coefficient (Wildman–Crippen LogP) is 6.17. The van der Waals surface area contributed by atoms with Gasteiger partial charge in [0.05, 0.1) is 11.5 Å². The number of hydrogen-bond acceptors (Lipinski definition) is 5. The molecule has 0 saturated carbocycles. The zero-order valence-corrected chi connectivity index (χ0v) is 19.6. The molecule has 0 bridgehead atoms. The molecule has 30 heavy (non-hydrogen) atoms. The van der Waals surface area contributed by atoms with E-state index in [-0.39, 0.29) is 5.91 Å². The number of halogens is 1. The maximum Gasteiger partial charge on any atom is 0.266 e. The summed E-state index contributed by atoms with van der Waals surface area (Å²) < 4.78 is 12.3. The minimum absolute atomic E-state index is 0.0456. The number of hydrogen-bond donors (Lipinski definition) is 0. The highest BCUT2D eigenvalue weighted by molar-refractivity contribution is 8.26. The second-order valence-electron chi connectivity index (χ2n) is 7.21. The Bertz CT molecular complexity index is 975. The van der Waals surface area contributed by atoms with Crippen molar-refractivity contribution in [3.05, 3.63) is 63.5 Å². The summed E-state index contributed by atoms with van der Waals surface area (Å²) in [7, 11) is 0. The molecule has 2 aromatic rings. The average Bonchev–Trinajstić information content (AvgIpc) is 2.96. The van der Waals surface area contributed by atoms with Gasteiger partial charge in [0.25, 0.3) is 5.91 Å². The summed E-state index contributed by atoms with van der Waals surface area (Å²) >= 11 is 12.9. The Morgan fingerprint density at radius 3 is 2.63 bits per heavy atom. The number of benzene rings is 2. The third-order valence-electron chi connectivity index (χ3n) is 4.33. The first-order valence-corrected chi connectivity index (χ1v) is 11.4. The molecule has 158 valence electrons. The van der Waals surface area contributed by atoms with Gasteiger partial charge in [-0.2, -0.15) is 0 Å². The normalized spacial score (nSPS) is 15.4. The molecular weight excluding hydrogens is 438 g/mol. The van der Waals surface area contributed by atoms with Gasteiger partial charge in [-0.25, -0.2) is 0 Å². The number of rotatable bonds is 8. The number of thioether (sulfide) groups is 1. The van der Waals surface area contributed by atoms with E-state index in [0.29, 0.717) is 51.4 Å². The molecule has 1 aliphatic rings. The summed E-state index contributed by atoms with van der Waals surface area (Å²) in [6.07, 6.45) is 1.85. The molecule has 7 heteroatoms. The van der Waals surface area contributed by atoms with Crippen LogP contribution < -0.4 is 9.47 Å². The van der Waals surface area contributed by atoms with E-state index in [1.165, 1.54) is 11.8 Å². The van der Waals surface area contributed by atoms with Crippen LogP contribution >= 0.6 is 35.6 Å². The van der Waals surface area contributed by atoms with Gasteiger partial charge in [-0.05, 0) is 42.7 Å². The molecule has 2 aromatic carbocycles. The first-order valence-electron chi connectivity index (χ1n) is 9.77. The number of thiocarbonyl (C=S) groups is 1. The predicted molar refractivity (Wildman–Crippen MR) is 128 cm³/mol. The van der Waals surface area contributed by atoms with Crippen LogP contribution in [0.1, 0.15) is 31.9 Å². The topological polar surface area (TPSA) is 38.8 Å². The summed E-state index contributed by atoms with van der Waals surface area (Å²) in [5, 5.41) is 0.663. The summed E-state index contributed by atoms with van der Waals surface area (Å²) in [6.45, 7) is 7.52. The van der Waals surface area contributed by atoms with E-state index >= 15 is 0 Å². The Morgan fingerprint density at radius 1 is 1.17 bits per heavy atom. The van der Waals surface area contributed by atoms with Crippen molar-refractivity contribution >= 4 is 51.9 Å². The van der Waals surface area contributed by atoms with Crippen LogP contribution in [0.25, 0.3) is 6.08 Å². The van der Waals surface area contributed by atoms with Crippen LogP contribution in [-0.4, -0.2) is 28.3 Å². The Kier molecular flexibility index (Phi) is 7.81. The maximum absolute atomic E-state index is 12.7. The largest absolute Gasteiger partial charge is 0.490 e. The summed E-state index contributed by atoms with van der Waals surface area (Å²) in [5.41, 5.74) is 1.76. The fourth-order valence-corrected chi connectivity index (χ4v) is 4.41. The lowest BCUT2D eigenvalue weighted by Gasteiger charge is -2.16. The number of amides is 1. The van der Waals surface area contributed by atoms with Crippen LogP contribution in [0.2, 0.25) is 5.02 Å². The fourth-order valence-electron chi connectivity index (χ4n) is 2.95. The molecule has 3 rings (SSSR count). The molecule has 1 amide bonds. The molecule has 4 nitrogen and oxygen atoms in total. The standard InChI is InChI=1S/C23H24ClNO3S2/c1-4-27-20-11-16(12-21-22(26)25(13-15(2)3)23(29)30-21)9-10-19(20)28-14-17-7-5-6-8-18(17)24/h5-12,15H,4,13-14H2,1-3H3/b21-12-. The van der Waals surface area contributed by atoms with E-state index in [1.54, 1.807) is 4.90 Å². The highest BCUT2D eigenvalue weighted by Gasteiger charge is 2.32. The van der Waals surface area contributed by atoms with Gasteiger partial charge in [0.2, 0.25) is 0 Å². The van der Waals surface area contributed by atoms with E-state index < -0.39 is 0 Å². The molecule has 1 heterocycles. The second-order valence-corrected chi connectivity index (χ2v) is 9.29. The maximum atomic E-state index is 12.7. The Labute approximate surface area is 192 Å². The van der Waals surface area contributed by atoms with Gasteiger partial charge in [-0.1, -0.05) is 73.7 Å². The number of nitrogens with zero attached hydrogens (tertiary/aromatic N) is 1. The van der Waals surface area contributed by atoms with Crippen molar-refractivity contribution in [2.45, 2.75) is 27.4 Å². The smallest absolute Gasteiger partial charge is 0.266 e. The van der Waals surface area contributed by atoms with Crippen molar-refractivity contribution in [3.8, 4) is 11.5 Å². The van der Waals surface area contributed by atoms with Gasteiger partial charge in [0.15, 0.2) is 11.5 Å². The van der Waals surface area contributed by atoms with Crippen molar-refractivity contribution in [1.29, 1.82) is 0 Å². The molecule has 1 fully saturated rings. The van der Waals surface area contributed by atoms with Crippen molar-refractivity contribution in [3.63, 3.8) is 0 Å². The molecule has 0 aliphatic carbocycles. The summed E-state index contributed by atoms with van der Waals surface area (Å²) in [6, 6.07) is 13.2. The molecule has 0 unspecified atom stereocenters. The average molecular weight is 462 g/mol. The SMILES string of the molecule is CCOc1cc(/C=C2\SC(=S)N(CC(C)C)C2=O)ccc1OCc1ccccc1Cl. The van der Waals surface area contributed by atoms with Crippen molar-refractivity contribution in [1.82, 2.24) is 4.90 Å². The van der Waals surface area contributed by atoms with Crippen LogP contribution in [0, 0.1) is 5.92 Å². The Hall–Kier alpha value is -2.02. The Morgan fingerprint density at radius 2 is 1.93 bits per heavy atom. The lowest BCUT2D eigenvalue weighted by atomic mass is 10.1. The van der Waals surface area contributed by atoms with Gasteiger partial charge in [-0.3, -0.25) is 9.69 Å². The minimum atomic E-state index is -0.0456. The summed E-state index contributed by atoms with van der Waals surface area (Å²) in [4.78, 5) is 15.0. The van der Waals surface area contributed by atoms with Crippen LogP contribution in [0.5, 0.6) is 11.5 Å². The molecule has 0 radical (unpaired) electrons. The third-order valence-corrected chi connectivity index (χ3v) is 6.07. The monoisotopic (exact) mass is 461 g/mol. The first kappa shape index (κ1) is 22.7. The zero-order chi connectivity index (χ0) is 21.7. The van der Waals surface area contributed by atoms with E-state index in [2.05, 4.69) is 13.8 Å². The van der Waals surface area contributed by atoms with Crippen molar-refractivity contribution < 1.29 is 14.3 Å². The first-order chi connectivity index (χ1) is 14.4. The number of carbonyl (C=O) groups is 1. The molecule has 0 aromatic heterocycles. The zero-order valence-electron chi connectivity index (χ0n) is 17.2. The minimum Gasteiger partial charge on any atom is -0.490 e. The van der Waals surface area contributed by atoms with E-state index in [4.69, 9.17) is 33.3 Å². The van der Waals surface area contributed by atoms with Gasteiger partial charge >= 0.3 is 0 Å². The van der Waals surface area contributed by atoms with Crippen molar-refractivity contribution in [2.24, 2.45) is 5.92 Å². The quantitative estimate of drug-likeness (QED) is 0.347. The van der Waals surface area contributed by atoms with Gasteiger partial charge < -0.3 is 9.47 Å². The molecular formula is C23H24ClNO3S2. The molecule has 0 atom stereocenters. The van der Waals surface area contributed by atoms with Gasteiger partial charge in [0, 0.05) is 17.1 Å². The fraction of sp³-hybridized carbons (Fsp3) is 0.304. The lowest BCUT2D eigenvalue weighted by molar-refractivity contribution is -0.122. The van der Waals surface area contributed by atoms with E-state index in [0.717, 1.165) is 11.1 Å². The number of carbonyl (C=O) groups excluding carboxylic acids is 1. The number of ether oxygens (including phenoxy) is 2. The summed E-state index contributed by atoms with van der Waals surface area (Å²) in [5.74, 6) is 1.55. The molecule has 1 aliphatic heterocycles. The molecule has 0 spiro atoms. The molecule has 1 saturated heterocycles. The highest BCUT2D eigenvalue weighted by atomic mass is 35.5. The van der Waals surface area contributed by atoms with Crippen LogP contribution in [0.3, 0.4) is 0 Å².